The van der Waals surface area contributed by atoms with E-state index in [1.165, 1.54) is 77.0 Å². The Bertz CT molecular complexity index is 253. The lowest BCUT2D eigenvalue weighted by Gasteiger charge is -2.33. The summed E-state index contributed by atoms with van der Waals surface area (Å²) < 4.78 is 0. The first-order valence-corrected chi connectivity index (χ1v) is 10.0. The molecule has 0 heterocycles. The Morgan fingerprint density at radius 2 is 1.43 bits per heavy atom. The summed E-state index contributed by atoms with van der Waals surface area (Å²) in [6.07, 6.45) is 17.5. The zero-order chi connectivity index (χ0) is 15.7. The van der Waals surface area contributed by atoms with Gasteiger partial charge in [0.25, 0.3) is 0 Å². The van der Waals surface area contributed by atoms with Gasteiger partial charge in [0.2, 0.25) is 0 Å². The van der Waals surface area contributed by atoms with Crippen LogP contribution in [-0.4, -0.2) is 0 Å². The molecule has 0 heteroatoms. The highest BCUT2D eigenvalue weighted by Gasteiger charge is 2.27. The van der Waals surface area contributed by atoms with Crippen molar-refractivity contribution in [3.63, 3.8) is 0 Å². The maximum Gasteiger partial charge on any atom is -0.0357 e. The van der Waals surface area contributed by atoms with E-state index in [1.807, 2.05) is 0 Å². The largest absolute Gasteiger partial charge is 0.0651 e. The standard InChI is InChI=1S/C21H42/c1-6-18-14-11-9-10-12-15-19(20(18)7-2)16-13-17-21(4,5)8-3/h18-20H,6-17H2,1-5H3. The van der Waals surface area contributed by atoms with Crippen LogP contribution in [0.3, 0.4) is 0 Å². The third-order valence-corrected chi connectivity index (χ3v) is 6.49. The van der Waals surface area contributed by atoms with Crippen LogP contribution in [0, 0.1) is 23.2 Å². The molecule has 1 saturated carbocycles. The normalized spacial score (nSPS) is 28.7. The van der Waals surface area contributed by atoms with E-state index in [0.29, 0.717) is 5.41 Å². The SMILES string of the molecule is CCC1CCCCCCC(CCCC(C)(C)CC)C1CC. The van der Waals surface area contributed by atoms with Gasteiger partial charge in [0.1, 0.15) is 0 Å². The van der Waals surface area contributed by atoms with Gasteiger partial charge >= 0.3 is 0 Å². The van der Waals surface area contributed by atoms with Crippen molar-refractivity contribution in [3.05, 3.63) is 0 Å². The Morgan fingerprint density at radius 3 is 1.95 bits per heavy atom. The second kappa shape index (κ2) is 9.90. The van der Waals surface area contributed by atoms with E-state index < -0.39 is 0 Å². The summed E-state index contributed by atoms with van der Waals surface area (Å²) in [5.41, 5.74) is 0.560. The summed E-state index contributed by atoms with van der Waals surface area (Å²) in [6, 6.07) is 0. The molecule has 3 unspecified atom stereocenters. The van der Waals surface area contributed by atoms with Crippen molar-refractivity contribution >= 4 is 0 Å². The zero-order valence-electron chi connectivity index (χ0n) is 15.7. The van der Waals surface area contributed by atoms with E-state index in [2.05, 4.69) is 34.6 Å². The molecular weight excluding hydrogens is 252 g/mol. The quantitative estimate of drug-likeness (QED) is 0.453. The summed E-state index contributed by atoms with van der Waals surface area (Å²) >= 11 is 0. The van der Waals surface area contributed by atoms with Gasteiger partial charge in [-0.25, -0.2) is 0 Å². The van der Waals surface area contributed by atoms with Gasteiger partial charge in [-0.2, -0.15) is 0 Å². The average Bonchev–Trinajstić information content (AvgIpc) is 2.57. The van der Waals surface area contributed by atoms with Crippen molar-refractivity contribution in [2.24, 2.45) is 23.2 Å². The smallest absolute Gasteiger partial charge is 0.0357 e. The van der Waals surface area contributed by atoms with Crippen molar-refractivity contribution < 1.29 is 0 Å². The van der Waals surface area contributed by atoms with Crippen molar-refractivity contribution in [1.82, 2.24) is 0 Å². The van der Waals surface area contributed by atoms with E-state index in [1.54, 1.807) is 0 Å². The molecule has 1 aliphatic carbocycles. The second-order valence-electron chi connectivity index (χ2n) is 8.40. The molecule has 0 aliphatic heterocycles. The van der Waals surface area contributed by atoms with Crippen molar-refractivity contribution in [3.8, 4) is 0 Å². The monoisotopic (exact) mass is 294 g/mol. The van der Waals surface area contributed by atoms with Gasteiger partial charge in [0.05, 0.1) is 0 Å². The first-order valence-electron chi connectivity index (χ1n) is 10.0. The first-order chi connectivity index (χ1) is 10.0. The van der Waals surface area contributed by atoms with Crippen molar-refractivity contribution in [2.45, 2.75) is 112 Å². The molecule has 0 spiro atoms. The van der Waals surface area contributed by atoms with Gasteiger partial charge in [-0.3, -0.25) is 0 Å². The molecule has 0 amide bonds. The van der Waals surface area contributed by atoms with Crippen LogP contribution in [0.15, 0.2) is 0 Å². The predicted molar refractivity (Wildman–Crippen MR) is 96.7 cm³/mol. The number of rotatable bonds is 7. The fraction of sp³-hybridized carbons (Fsp3) is 1.00. The van der Waals surface area contributed by atoms with Gasteiger partial charge in [-0.1, -0.05) is 105 Å². The lowest BCUT2D eigenvalue weighted by atomic mass is 9.72. The third kappa shape index (κ3) is 6.74. The Morgan fingerprint density at radius 1 is 0.810 bits per heavy atom. The van der Waals surface area contributed by atoms with Gasteiger partial charge in [0, 0.05) is 0 Å². The zero-order valence-corrected chi connectivity index (χ0v) is 15.7. The van der Waals surface area contributed by atoms with Crippen molar-refractivity contribution in [1.29, 1.82) is 0 Å². The van der Waals surface area contributed by atoms with E-state index in [-0.39, 0.29) is 0 Å². The molecule has 126 valence electrons. The summed E-state index contributed by atoms with van der Waals surface area (Å²) in [6.45, 7) is 12.1. The predicted octanol–water partition coefficient (Wildman–Crippen LogP) is 7.62. The molecule has 0 aromatic heterocycles. The molecule has 0 aromatic carbocycles. The van der Waals surface area contributed by atoms with Crippen LogP contribution in [0.25, 0.3) is 0 Å². The maximum absolute atomic E-state index is 2.45. The summed E-state index contributed by atoms with van der Waals surface area (Å²) in [7, 11) is 0. The minimum absolute atomic E-state index is 0.560. The molecule has 1 rings (SSSR count). The van der Waals surface area contributed by atoms with Crippen LogP contribution in [-0.2, 0) is 0 Å². The van der Waals surface area contributed by atoms with Crippen molar-refractivity contribution in [2.75, 3.05) is 0 Å². The molecule has 0 bridgehead atoms. The Balaban J connectivity index is 2.59. The second-order valence-corrected chi connectivity index (χ2v) is 8.40. The average molecular weight is 295 g/mol. The van der Waals surface area contributed by atoms with Crippen LogP contribution >= 0.6 is 0 Å². The molecule has 1 aliphatic rings. The van der Waals surface area contributed by atoms with Crippen LogP contribution in [0.1, 0.15) is 112 Å². The van der Waals surface area contributed by atoms with Crippen LogP contribution in [0.5, 0.6) is 0 Å². The fourth-order valence-electron chi connectivity index (χ4n) is 4.53. The Kier molecular flexibility index (Phi) is 8.98. The number of hydrogen-bond acceptors (Lipinski definition) is 0. The first kappa shape index (κ1) is 19.0. The molecule has 3 atom stereocenters. The topological polar surface area (TPSA) is 0 Å². The fourth-order valence-corrected chi connectivity index (χ4v) is 4.53. The molecule has 0 N–H and O–H groups in total. The van der Waals surface area contributed by atoms with E-state index in [0.717, 1.165) is 17.8 Å². The highest BCUT2D eigenvalue weighted by atomic mass is 14.3. The Labute approximate surface area is 135 Å². The van der Waals surface area contributed by atoms with Gasteiger partial charge < -0.3 is 0 Å². The van der Waals surface area contributed by atoms with Gasteiger partial charge in [-0.05, 0) is 29.6 Å². The molecule has 1 fully saturated rings. The summed E-state index contributed by atoms with van der Waals surface area (Å²) in [4.78, 5) is 0. The minimum atomic E-state index is 0.560. The minimum Gasteiger partial charge on any atom is -0.0651 e. The highest BCUT2D eigenvalue weighted by Crippen LogP contribution is 2.39. The van der Waals surface area contributed by atoms with Crippen LogP contribution in [0.2, 0.25) is 0 Å². The molecular formula is C21H42. The molecule has 0 radical (unpaired) electrons. The van der Waals surface area contributed by atoms with E-state index in [4.69, 9.17) is 0 Å². The molecule has 0 nitrogen and oxygen atoms in total. The summed E-state index contributed by atoms with van der Waals surface area (Å²) in [5.74, 6) is 3.04. The summed E-state index contributed by atoms with van der Waals surface area (Å²) in [5, 5.41) is 0. The molecule has 0 aromatic rings. The van der Waals surface area contributed by atoms with E-state index >= 15 is 0 Å². The highest BCUT2D eigenvalue weighted by molar-refractivity contribution is 4.78. The van der Waals surface area contributed by atoms with Gasteiger partial charge in [0.15, 0.2) is 0 Å². The lowest BCUT2D eigenvalue weighted by Crippen LogP contribution is -2.23. The van der Waals surface area contributed by atoms with Gasteiger partial charge in [-0.15, -0.1) is 0 Å². The molecule has 21 heavy (non-hydrogen) atoms. The van der Waals surface area contributed by atoms with Crippen LogP contribution in [0.4, 0.5) is 0 Å². The Hall–Kier alpha value is 0. The van der Waals surface area contributed by atoms with Crippen LogP contribution < -0.4 is 0 Å². The lowest BCUT2D eigenvalue weighted by molar-refractivity contribution is 0.173. The third-order valence-electron chi connectivity index (χ3n) is 6.49. The molecule has 0 saturated heterocycles. The number of hydrogen-bond donors (Lipinski definition) is 0. The van der Waals surface area contributed by atoms with E-state index in [9.17, 15) is 0 Å². The maximum atomic E-state index is 2.45.